The molecule has 3 rings (SSSR count). The van der Waals surface area contributed by atoms with Crippen molar-refractivity contribution in [3.05, 3.63) is 57.6 Å². The van der Waals surface area contributed by atoms with E-state index in [1.165, 1.54) is 44.8 Å². The molecule has 1 saturated heterocycles. The largest absolute Gasteiger partial charge is 0.335 e. The van der Waals surface area contributed by atoms with Gasteiger partial charge in [-0.15, -0.1) is 0 Å². The topological polar surface area (TPSA) is 18.5 Å². The van der Waals surface area contributed by atoms with Gasteiger partial charge in [0.25, 0.3) is 0 Å². The summed E-state index contributed by atoms with van der Waals surface area (Å²) in [5.41, 5.74) is 11.0. The summed E-state index contributed by atoms with van der Waals surface area (Å²) < 4.78 is 5.36. The Kier molecular flexibility index (Phi) is 10.6. The second-order valence-corrected chi connectivity index (χ2v) is 30.7. The van der Waals surface area contributed by atoms with Crippen LogP contribution < -0.4 is 9.53 Å². The third-order valence-corrected chi connectivity index (χ3v) is 21.0. The molecular formula is C39H68ClN3P2Si. The normalized spacial score (nSPS) is 19.4. The van der Waals surface area contributed by atoms with Crippen molar-refractivity contribution in [3.8, 4) is 0 Å². The molecule has 0 spiro atoms. The lowest BCUT2D eigenvalue weighted by atomic mass is 9.74. The van der Waals surface area contributed by atoms with Crippen molar-refractivity contribution in [2.24, 2.45) is 0 Å². The van der Waals surface area contributed by atoms with Gasteiger partial charge in [0.1, 0.15) is 8.24 Å². The van der Waals surface area contributed by atoms with E-state index < -0.39 is 24.2 Å². The zero-order chi connectivity index (χ0) is 36.0. The summed E-state index contributed by atoms with van der Waals surface area (Å²) in [6, 6.07) is 9.96. The second-order valence-electron chi connectivity index (χ2n) is 20.8. The van der Waals surface area contributed by atoms with Crippen molar-refractivity contribution >= 4 is 46.8 Å². The van der Waals surface area contributed by atoms with Crippen molar-refractivity contribution in [1.82, 2.24) is 4.11 Å². The molecule has 1 aliphatic heterocycles. The average Bonchev–Trinajstić information content (AvgIpc) is 2.78. The predicted octanol–water partition coefficient (Wildman–Crippen LogP) is 14.2. The molecule has 0 saturated carbocycles. The minimum atomic E-state index is -1.81. The van der Waals surface area contributed by atoms with E-state index in [0.717, 1.165) is 0 Å². The lowest BCUT2D eigenvalue weighted by Gasteiger charge is -2.60. The highest BCUT2D eigenvalue weighted by Crippen LogP contribution is 2.82. The molecular weight excluding hydrogens is 636 g/mol. The van der Waals surface area contributed by atoms with Crippen LogP contribution in [-0.4, -0.2) is 12.3 Å². The first-order valence-corrected chi connectivity index (χ1v) is 24.0. The van der Waals surface area contributed by atoms with E-state index >= 15 is 0 Å². The number of anilines is 2. The molecule has 7 heteroatoms. The summed E-state index contributed by atoms with van der Waals surface area (Å²) in [5.74, 6) is 0. The highest BCUT2D eigenvalue weighted by molar-refractivity contribution is 8.04. The van der Waals surface area contributed by atoms with Gasteiger partial charge in [-0.1, -0.05) is 180 Å². The summed E-state index contributed by atoms with van der Waals surface area (Å²) in [4.78, 5) is 0. The Hall–Kier alpha value is -0.633. The summed E-state index contributed by atoms with van der Waals surface area (Å²) in [5, 5.41) is 4.33. The Morgan fingerprint density at radius 2 is 0.826 bits per heavy atom. The molecule has 3 nitrogen and oxygen atoms in total. The molecule has 1 fully saturated rings. The van der Waals surface area contributed by atoms with Gasteiger partial charge in [0.05, 0.1) is 5.69 Å². The van der Waals surface area contributed by atoms with Crippen molar-refractivity contribution in [3.63, 3.8) is 0 Å². The van der Waals surface area contributed by atoms with Crippen LogP contribution in [0.4, 0.5) is 11.4 Å². The van der Waals surface area contributed by atoms with Crippen LogP contribution in [-0.2, 0) is 32.5 Å². The minimum absolute atomic E-state index is 0.0359. The standard InChI is InChI=1S/C39H68ClN3P2Si/c1-34(2,3)26-22-28(36(7,8)9)32(29(23-26)37(10,11)12)41-45-42(44(40)43(45)46(19,20)21)33-30(38(13,14)15)24-27(35(4,5)6)25-31(33)39(16,17)18/h22-25,41H,1-21H3. The van der Waals surface area contributed by atoms with E-state index in [-0.39, 0.29) is 32.5 Å². The molecule has 2 unspecified atom stereocenters. The molecule has 0 aliphatic carbocycles. The highest BCUT2D eigenvalue weighted by Gasteiger charge is 2.55. The second kappa shape index (κ2) is 12.3. The molecule has 1 N–H and O–H groups in total. The van der Waals surface area contributed by atoms with Crippen LogP contribution >= 0.6 is 27.2 Å². The first-order valence-electron chi connectivity index (χ1n) is 17.2. The maximum Gasteiger partial charge on any atom is 0.180 e. The molecule has 0 bridgehead atoms. The molecule has 0 radical (unpaired) electrons. The van der Waals surface area contributed by atoms with Gasteiger partial charge in [0, 0.05) is 5.69 Å². The van der Waals surface area contributed by atoms with Crippen LogP contribution in [0.1, 0.15) is 158 Å². The van der Waals surface area contributed by atoms with E-state index in [0.29, 0.717) is 0 Å². The number of hydrogen-bond donors (Lipinski definition) is 1. The van der Waals surface area contributed by atoms with Crippen LogP contribution in [0.15, 0.2) is 24.3 Å². The third kappa shape index (κ3) is 8.21. The zero-order valence-electron chi connectivity index (χ0n) is 33.5. The quantitative estimate of drug-likeness (QED) is 0.253. The zero-order valence-corrected chi connectivity index (χ0v) is 37.0. The fourth-order valence-corrected chi connectivity index (χ4v) is 18.4. The number of hydrogen-bond acceptors (Lipinski definition) is 3. The Bertz CT molecular complexity index is 1360. The maximum absolute atomic E-state index is 7.71. The monoisotopic (exact) mass is 703 g/mol. The SMILES string of the molecule is CC(C)(C)c1cc(C(C)(C)C)c(NP2N(c3c(C(C)(C)C)cc(C(C)(C)C)cc3C(C)(C)C)P(Cl)N2[Si](C)(C)C)c(C(C)(C)C)c1. The molecule has 2 aromatic rings. The van der Waals surface area contributed by atoms with E-state index in [1.54, 1.807) is 0 Å². The van der Waals surface area contributed by atoms with Gasteiger partial charge in [-0.3, -0.25) is 4.44 Å². The van der Waals surface area contributed by atoms with Crippen LogP contribution in [0.5, 0.6) is 0 Å². The van der Waals surface area contributed by atoms with Gasteiger partial charge in [-0.25, -0.2) is 4.11 Å². The smallest absolute Gasteiger partial charge is 0.180 e. The number of nitrogens with zero attached hydrogens (tertiary/aromatic N) is 2. The maximum atomic E-state index is 7.71. The Morgan fingerprint density at radius 1 is 0.522 bits per heavy atom. The van der Waals surface area contributed by atoms with E-state index in [2.05, 4.69) is 182 Å². The van der Waals surface area contributed by atoms with Crippen molar-refractivity contribution in [2.75, 3.05) is 9.53 Å². The minimum Gasteiger partial charge on any atom is -0.335 e. The molecule has 2 atom stereocenters. The number of benzene rings is 2. The first kappa shape index (κ1) is 39.8. The first-order chi connectivity index (χ1) is 20.2. The third-order valence-electron chi connectivity index (χ3n) is 8.90. The van der Waals surface area contributed by atoms with Crippen molar-refractivity contribution in [1.29, 1.82) is 0 Å². The van der Waals surface area contributed by atoms with Crippen molar-refractivity contribution < 1.29 is 0 Å². The van der Waals surface area contributed by atoms with Crippen LogP contribution in [0, 0.1) is 0 Å². The van der Waals surface area contributed by atoms with Gasteiger partial charge in [-0.2, -0.15) is 0 Å². The predicted molar refractivity (Wildman–Crippen MR) is 216 cm³/mol. The molecule has 2 aromatic carbocycles. The average molecular weight is 704 g/mol. The van der Waals surface area contributed by atoms with Gasteiger partial charge in [0.15, 0.2) is 15.9 Å². The summed E-state index contributed by atoms with van der Waals surface area (Å²) >= 11 is 7.71. The van der Waals surface area contributed by atoms with E-state index in [9.17, 15) is 0 Å². The van der Waals surface area contributed by atoms with E-state index in [4.69, 9.17) is 11.2 Å². The van der Waals surface area contributed by atoms with Crippen LogP contribution in [0.3, 0.4) is 0 Å². The molecule has 1 aliphatic rings. The fraction of sp³-hybridized carbons (Fsp3) is 0.692. The molecule has 260 valence electrons. The van der Waals surface area contributed by atoms with Gasteiger partial charge in [-0.05, 0) is 65.9 Å². The fourth-order valence-electron chi connectivity index (χ4n) is 5.98. The van der Waals surface area contributed by atoms with Crippen molar-refractivity contribution in [2.45, 2.75) is 177 Å². The Balaban J connectivity index is 2.47. The van der Waals surface area contributed by atoms with Gasteiger partial charge in [0.2, 0.25) is 0 Å². The summed E-state index contributed by atoms with van der Waals surface area (Å²) in [7, 11) is -3.81. The number of halogens is 1. The van der Waals surface area contributed by atoms with E-state index in [1.807, 2.05) is 0 Å². The lowest BCUT2D eigenvalue weighted by molar-refractivity contribution is 0.550. The Morgan fingerprint density at radius 3 is 1.09 bits per heavy atom. The molecule has 0 aromatic heterocycles. The molecule has 0 amide bonds. The van der Waals surface area contributed by atoms with Crippen LogP contribution in [0.2, 0.25) is 19.6 Å². The number of rotatable bonds is 4. The summed E-state index contributed by atoms with van der Waals surface area (Å²) in [6.07, 6.45) is 0. The Labute approximate surface area is 293 Å². The van der Waals surface area contributed by atoms with Gasteiger partial charge < -0.3 is 5.09 Å². The molecule has 46 heavy (non-hydrogen) atoms. The van der Waals surface area contributed by atoms with Gasteiger partial charge >= 0.3 is 0 Å². The highest BCUT2D eigenvalue weighted by atomic mass is 35.7. The van der Waals surface area contributed by atoms with Crippen LogP contribution in [0.25, 0.3) is 0 Å². The summed E-state index contributed by atoms with van der Waals surface area (Å²) in [6.45, 7) is 49.8. The lowest BCUT2D eigenvalue weighted by Crippen LogP contribution is -2.51. The number of nitrogens with one attached hydrogen (secondary N) is 1. The molecule has 1 heterocycles.